The van der Waals surface area contributed by atoms with Crippen LogP contribution in [0, 0.1) is 0 Å². The Bertz CT molecular complexity index is 1230. The Balaban J connectivity index is 1.56. The Labute approximate surface area is 190 Å². The molecule has 0 aliphatic heterocycles. The SMILES string of the molecule is CC(=O)Nc1ccc(-c2csc(NC(=O)C3(S(=O)(=O)c4ccccc4)CCCC3)n2)cc1. The van der Waals surface area contributed by atoms with Gasteiger partial charge in [0.2, 0.25) is 11.8 Å². The molecule has 1 saturated carbocycles. The van der Waals surface area contributed by atoms with E-state index in [9.17, 15) is 18.0 Å². The monoisotopic (exact) mass is 469 g/mol. The lowest BCUT2D eigenvalue weighted by Crippen LogP contribution is -2.47. The molecule has 1 aromatic heterocycles. The molecule has 32 heavy (non-hydrogen) atoms. The fourth-order valence-corrected chi connectivity index (χ4v) is 6.79. The van der Waals surface area contributed by atoms with E-state index in [1.807, 2.05) is 12.1 Å². The number of sulfone groups is 1. The van der Waals surface area contributed by atoms with Gasteiger partial charge in [-0.15, -0.1) is 11.3 Å². The molecular formula is C23H23N3O4S2. The minimum absolute atomic E-state index is 0.150. The maximum Gasteiger partial charge on any atom is 0.248 e. The third-order valence-corrected chi connectivity index (χ3v) is 8.89. The minimum Gasteiger partial charge on any atom is -0.326 e. The molecule has 1 aliphatic rings. The largest absolute Gasteiger partial charge is 0.326 e. The average Bonchev–Trinajstić information content (AvgIpc) is 3.45. The van der Waals surface area contributed by atoms with E-state index in [0.717, 1.165) is 5.56 Å². The fourth-order valence-electron chi connectivity index (χ4n) is 3.99. The van der Waals surface area contributed by atoms with Gasteiger partial charge in [0.1, 0.15) is 0 Å². The number of carbonyl (C=O) groups excluding carboxylic acids is 2. The molecule has 1 aliphatic carbocycles. The zero-order valence-corrected chi connectivity index (χ0v) is 19.1. The van der Waals surface area contributed by atoms with Crippen LogP contribution in [0.2, 0.25) is 0 Å². The number of amides is 2. The Morgan fingerprint density at radius 3 is 2.25 bits per heavy atom. The summed E-state index contributed by atoms with van der Waals surface area (Å²) < 4.78 is 25.3. The predicted octanol–water partition coefficient (Wildman–Crippen LogP) is 4.49. The van der Waals surface area contributed by atoms with Crippen LogP contribution in [0.3, 0.4) is 0 Å². The molecule has 3 aromatic rings. The van der Waals surface area contributed by atoms with Gasteiger partial charge in [-0.05, 0) is 37.1 Å². The Morgan fingerprint density at radius 2 is 1.62 bits per heavy atom. The number of nitrogens with zero attached hydrogens (tertiary/aromatic N) is 1. The van der Waals surface area contributed by atoms with Crippen LogP contribution in [-0.2, 0) is 19.4 Å². The van der Waals surface area contributed by atoms with E-state index in [1.54, 1.807) is 35.7 Å². The van der Waals surface area contributed by atoms with Crippen molar-refractivity contribution in [3.63, 3.8) is 0 Å². The first-order valence-electron chi connectivity index (χ1n) is 10.3. The molecule has 2 N–H and O–H groups in total. The predicted molar refractivity (Wildman–Crippen MR) is 125 cm³/mol. The number of hydrogen-bond acceptors (Lipinski definition) is 6. The summed E-state index contributed by atoms with van der Waals surface area (Å²) in [5.41, 5.74) is 2.16. The number of benzene rings is 2. The molecule has 4 rings (SSSR count). The summed E-state index contributed by atoms with van der Waals surface area (Å²) in [6.45, 7) is 1.44. The van der Waals surface area contributed by atoms with Crippen LogP contribution in [0.15, 0.2) is 64.9 Å². The zero-order valence-electron chi connectivity index (χ0n) is 17.5. The summed E-state index contributed by atoms with van der Waals surface area (Å²) in [6.07, 6.45) is 1.95. The van der Waals surface area contributed by atoms with Crippen LogP contribution < -0.4 is 10.6 Å². The van der Waals surface area contributed by atoms with Crippen LogP contribution in [0.1, 0.15) is 32.6 Å². The molecule has 1 heterocycles. The van der Waals surface area contributed by atoms with E-state index in [4.69, 9.17) is 0 Å². The third kappa shape index (κ3) is 4.18. The van der Waals surface area contributed by atoms with Crippen molar-refractivity contribution in [1.82, 2.24) is 4.98 Å². The molecule has 2 amide bonds. The normalized spacial score (nSPS) is 15.3. The third-order valence-electron chi connectivity index (χ3n) is 5.62. The van der Waals surface area contributed by atoms with Crippen molar-refractivity contribution in [2.45, 2.75) is 42.2 Å². The summed E-state index contributed by atoms with van der Waals surface area (Å²) in [4.78, 5) is 29.1. The fraction of sp³-hybridized carbons (Fsp3) is 0.261. The number of hydrogen-bond donors (Lipinski definition) is 2. The van der Waals surface area contributed by atoms with Crippen molar-refractivity contribution in [2.75, 3.05) is 10.6 Å². The van der Waals surface area contributed by atoms with Crippen LogP contribution in [0.5, 0.6) is 0 Å². The Hall–Kier alpha value is -3.04. The van der Waals surface area contributed by atoms with Gasteiger partial charge in [0.25, 0.3) is 0 Å². The van der Waals surface area contributed by atoms with Gasteiger partial charge in [0, 0.05) is 23.6 Å². The zero-order chi connectivity index (χ0) is 22.8. The van der Waals surface area contributed by atoms with E-state index in [1.165, 1.54) is 30.4 Å². The first-order valence-corrected chi connectivity index (χ1v) is 12.6. The molecule has 0 bridgehead atoms. The van der Waals surface area contributed by atoms with Crippen molar-refractivity contribution >= 4 is 43.8 Å². The molecule has 0 saturated heterocycles. The van der Waals surface area contributed by atoms with Crippen LogP contribution >= 0.6 is 11.3 Å². The van der Waals surface area contributed by atoms with Gasteiger partial charge in [-0.25, -0.2) is 13.4 Å². The highest BCUT2D eigenvalue weighted by Gasteiger charge is 2.53. The van der Waals surface area contributed by atoms with E-state index in [2.05, 4.69) is 15.6 Å². The van der Waals surface area contributed by atoms with Gasteiger partial charge >= 0.3 is 0 Å². The molecule has 166 valence electrons. The second-order valence-corrected chi connectivity index (χ2v) is 10.9. The van der Waals surface area contributed by atoms with Gasteiger partial charge in [0.15, 0.2) is 19.7 Å². The second kappa shape index (κ2) is 8.84. The van der Waals surface area contributed by atoms with Crippen molar-refractivity contribution in [2.24, 2.45) is 0 Å². The molecule has 9 heteroatoms. The molecule has 1 fully saturated rings. The maximum absolute atomic E-state index is 13.4. The quantitative estimate of drug-likeness (QED) is 0.553. The number of rotatable bonds is 6. The van der Waals surface area contributed by atoms with E-state index in [-0.39, 0.29) is 10.8 Å². The van der Waals surface area contributed by atoms with Gasteiger partial charge < -0.3 is 10.6 Å². The number of thiazole rings is 1. The molecule has 2 aromatic carbocycles. The first kappa shape index (κ1) is 22.2. The smallest absolute Gasteiger partial charge is 0.248 e. The van der Waals surface area contributed by atoms with Gasteiger partial charge in [-0.3, -0.25) is 9.59 Å². The Kier molecular flexibility index (Phi) is 6.12. The van der Waals surface area contributed by atoms with Crippen molar-refractivity contribution < 1.29 is 18.0 Å². The van der Waals surface area contributed by atoms with Gasteiger partial charge in [0.05, 0.1) is 10.6 Å². The van der Waals surface area contributed by atoms with Gasteiger partial charge in [-0.2, -0.15) is 0 Å². The van der Waals surface area contributed by atoms with Crippen LogP contribution in [-0.4, -0.2) is 30.0 Å². The lowest BCUT2D eigenvalue weighted by atomic mass is 10.1. The summed E-state index contributed by atoms with van der Waals surface area (Å²) in [7, 11) is -3.85. The molecule has 7 nitrogen and oxygen atoms in total. The highest BCUT2D eigenvalue weighted by molar-refractivity contribution is 7.93. The van der Waals surface area contributed by atoms with Crippen LogP contribution in [0.25, 0.3) is 11.3 Å². The molecular weight excluding hydrogens is 446 g/mol. The first-order chi connectivity index (χ1) is 15.3. The van der Waals surface area contributed by atoms with Gasteiger partial charge in [-0.1, -0.05) is 43.2 Å². The standard InChI is InChI=1S/C23H23N3O4S2/c1-16(27)24-18-11-9-17(10-12-18)20-15-31-22(25-20)26-21(28)23(13-5-6-14-23)32(29,30)19-7-3-2-4-8-19/h2-4,7-12,15H,5-6,13-14H2,1H3,(H,24,27)(H,25,26,28). The molecule has 0 atom stereocenters. The van der Waals surface area contributed by atoms with Crippen LogP contribution in [0.4, 0.5) is 10.8 Å². The average molecular weight is 470 g/mol. The minimum atomic E-state index is -3.85. The van der Waals surface area contributed by atoms with E-state index < -0.39 is 20.5 Å². The molecule has 0 radical (unpaired) electrons. The van der Waals surface area contributed by atoms with Crippen molar-refractivity contribution in [3.05, 3.63) is 60.0 Å². The summed E-state index contributed by atoms with van der Waals surface area (Å²) in [5, 5.41) is 7.62. The molecule has 0 spiro atoms. The van der Waals surface area contributed by atoms with E-state index >= 15 is 0 Å². The number of carbonyl (C=O) groups is 2. The summed E-state index contributed by atoms with van der Waals surface area (Å²) in [6, 6.07) is 15.3. The summed E-state index contributed by atoms with van der Waals surface area (Å²) in [5.74, 6) is -0.677. The maximum atomic E-state index is 13.4. The number of aromatic nitrogens is 1. The number of anilines is 2. The summed E-state index contributed by atoms with van der Waals surface area (Å²) >= 11 is 1.24. The molecule has 0 unspecified atom stereocenters. The second-order valence-electron chi connectivity index (χ2n) is 7.77. The highest BCUT2D eigenvalue weighted by atomic mass is 32.2. The van der Waals surface area contributed by atoms with Crippen molar-refractivity contribution in [3.8, 4) is 11.3 Å². The van der Waals surface area contributed by atoms with Crippen molar-refractivity contribution in [1.29, 1.82) is 0 Å². The topological polar surface area (TPSA) is 105 Å². The lowest BCUT2D eigenvalue weighted by molar-refractivity contribution is -0.118. The number of nitrogens with one attached hydrogen (secondary N) is 2. The highest BCUT2D eigenvalue weighted by Crippen LogP contribution is 2.41. The van der Waals surface area contributed by atoms with E-state index in [0.29, 0.717) is 42.2 Å². The Morgan fingerprint density at radius 1 is 0.969 bits per heavy atom. The lowest BCUT2D eigenvalue weighted by Gasteiger charge is -2.27.